The van der Waals surface area contributed by atoms with Crippen LogP contribution in [0.4, 0.5) is 0 Å². The van der Waals surface area contributed by atoms with Crippen LogP contribution in [0.1, 0.15) is 42.6 Å². The number of carbonyl (C=O) groups is 2. The highest BCUT2D eigenvalue weighted by atomic mass is 16.5. The number of ketones is 1. The Bertz CT molecular complexity index is 1060. The zero-order valence-corrected chi connectivity index (χ0v) is 17.2. The Kier molecular flexibility index (Phi) is 5.74. The summed E-state index contributed by atoms with van der Waals surface area (Å²) in [4.78, 5) is 35.9. The highest BCUT2D eigenvalue weighted by Gasteiger charge is 2.29. The highest BCUT2D eigenvalue weighted by Crippen LogP contribution is 2.24. The SMILES string of the molecule is CC(C)Oc1cccc(C(=O)C2CCCN(C(=O)Cc3cnc4ncnn4c3)C2)c1. The molecule has 0 aliphatic carbocycles. The van der Waals surface area contributed by atoms with Crippen molar-refractivity contribution in [1.29, 1.82) is 0 Å². The lowest BCUT2D eigenvalue weighted by Crippen LogP contribution is -2.43. The third-order valence-corrected chi connectivity index (χ3v) is 5.18. The van der Waals surface area contributed by atoms with Crippen LogP contribution in [-0.4, -0.2) is 55.4 Å². The molecule has 1 atom stereocenters. The number of aromatic nitrogens is 4. The van der Waals surface area contributed by atoms with Crippen LogP contribution in [0.15, 0.2) is 43.0 Å². The minimum atomic E-state index is -0.201. The molecule has 0 radical (unpaired) electrons. The molecule has 1 aliphatic rings. The number of hydrogen-bond donors (Lipinski definition) is 0. The fraction of sp³-hybridized carbons (Fsp3) is 0.409. The molecule has 0 saturated carbocycles. The van der Waals surface area contributed by atoms with Crippen molar-refractivity contribution in [2.75, 3.05) is 13.1 Å². The van der Waals surface area contributed by atoms with Gasteiger partial charge in [0.1, 0.15) is 12.1 Å². The monoisotopic (exact) mass is 407 g/mol. The normalized spacial score (nSPS) is 16.8. The second kappa shape index (κ2) is 8.61. The minimum absolute atomic E-state index is 0.00865. The Balaban J connectivity index is 1.42. The van der Waals surface area contributed by atoms with Crippen molar-refractivity contribution in [3.05, 3.63) is 54.1 Å². The number of nitrogens with zero attached hydrogens (tertiary/aromatic N) is 5. The predicted octanol–water partition coefficient (Wildman–Crippen LogP) is 2.58. The van der Waals surface area contributed by atoms with Gasteiger partial charge < -0.3 is 9.64 Å². The molecule has 1 aliphatic heterocycles. The van der Waals surface area contributed by atoms with Gasteiger partial charge in [0, 0.05) is 37.0 Å². The molecule has 30 heavy (non-hydrogen) atoms. The number of rotatable bonds is 6. The van der Waals surface area contributed by atoms with Gasteiger partial charge in [0.05, 0.1) is 12.5 Å². The Hall–Kier alpha value is -3.29. The van der Waals surface area contributed by atoms with Crippen LogP contribution in [0.5, 0.6) is 5.75 Å². The van der Waals surface area contributed by atoms with Crippen LogP contribution >= 0.6 is 0 Å². The molecule has 1 saturated heterocycles. The smallest absolute Gasteiger partial charge is 0.252 e. The van der Waals surface area contributed by atoms with Gasteiger partial charge in [-0.3, -0.25) is 9.59 Å². The maximum absolute atomic E-state index is 13.1. The quantitative estimate of drug-likeness (QED) is 0.584. The molecule has 8 heteroatoms. The van der Waals surface area contributed by atoms with Crippen LogP contribution in [0.2, 0.25) is 0 Å². The van der Waals surface area contributed by atoms with Gasteiger partial charge in [0.25, 0.3) is 5.78 Å². The van der Waals surface area contributed by atoms with Crippen LogP contribution in [0.25, 0.3) is 5.78 Å². The molecule has 3 heterocycles. The van der Waals surface area contributed by atoms with Gasteiger partial charge in [-0.05, 0) is 44.4 Å². The Morgan fingerprint density at radius 3 is 2.97 bits per heavy atom. The molecule has 4 rings (SSSR count). The third kappa shape index (κ3) is 4.48. The number of carbonyl (C=O) groups excluding carboxylic acids is 2. The number of piperidine rings is 1. The summed E-state index contributed by atoms with van der Waals surface area (Å²) < 4.78 is 7.26. The number of benzene rings is 1. The molecule has 0 spiro atoms. The summed E-state index contributed by atoms with van der Waals surface area (Å²) in [6.45, 7) is 5.01. The van der Waals surface area contributed by atoms with E-state index in [1.54, 1.807) is 27.9 Å². The third-order valence-electron chi connectivity index (χ3n) is 5.18. The lowest BCUT2D eigenvalue weighted by molar-refractivity contribution is -0.131. The summed E-state index contributed by atoms with van der Waals surface area (Å²) in [6, 6.07) is 7.30. The van der Waals surface area contributed by atoms with Crippen molar-refractivity contribution in [2.24, 2.45) is 5.92 Å². The van der Waals surface area contributed by atoms with E-state index in [0.29, 0.717) is 30.2 Å². The zero-order chi connectivity index (χ0) is 21.1. The first-order valence-corrected chi connectivity index (χ1v) is 10.2. The topological polar surface area (TPSA) is 89.7 Å². The molecular weight excluding hydrogens is 382 g/mol. The Morgan fingerprint density at radius 1 is 1.27 bits per heavy atom. The van der Waals surface area contributed by atoms with Crippen molar-refractivity contribution >= 4 is 17.5 Å². The van der Waals surface area contributed by atoms with Gasteiger partial charge in [-0.15, -0.1) is 0 Å². The molecule has 0 N–H and O–H groups in total. The van der Waals surface area contributed by atoms with Crippen LogP contribution in [0, 0.1) is 5.92 Å². The molecule has 2 aromatic heterocycles. The second-order valence-electron chi connectivity index (χ2n) is 7.88. The Labute approximate surface area is 174 Å². The first kappa shape index (κ1) is 20.0. The largest absolute Gasteiger partial charge is 0.491 e. The summed E-state index contributed by atoms with van der Waals surface area (Å²) in [6.07, 6.45) is 6.70. The number of amides is 1. The summed E-state index contributed by atoms with van der Waals surface area (Å²) >= 11 is 0. The molecule has 3 aromatic rings. The molecule has 1 fully saturated rings. The first-order valence-electron chi connectivity index (χ1n) is 10.2. The van der Waals surface area contributed by atoms with E-state index >= 15 is 0 Å². The molecule has 156 valence electrons. The zero-order valence-electron chi connectivity index (χ0n) is 17.2. The summed E-state index contributed by atoms with van der Waals surface area (Å²) in [5, 5.41) is 4.06. The molecule has 8 nitrogen and oxygen atoms in total. The van der Waals surface area contributed by atoms with E-state index in [1.165, 1.54) is 6.33 Å². The maximum Gasteiger partial charge on any atom is 0.252 e. The van der Waals surface area contributed by atoms with Gasteiger partial charge in [-0.2, -0.15) is 10.1 Å². The van der Waals surface area contributed by atoms with Crippen LogP contribution in [-0.2, 0) is 11.2 Å². The van der Waals surface area contributed by atoms with Crippen molar-refractivity contribution in [3.8, 4) is 5.75 Å². The summed E-state index contributed by atoms with van der Waals surface area (Å²) in [5.74, 6) is 1.04. The van der Waals surface area contributed by atoms with E-state index in [-0.39, 0.29) is 30.1 Å². The van der Waals surface area contributed by atoms with Crippen LogP contribution < -0.4 is 4.74 Å². The molecular formula is C22H25N5O3. The number of hydrogen-bond acceptors (Lipinski definition) is 6. The fourth-order valence-electron chi connectivity index (χ4n) is 3.78. The number of ether oxygens (including phenoxy) is 1. The van der Waals surface area contributed by atoms with E-state index in [4.69, 9.17) is 4.74 Å². The molecule has 0 bridgehead atoms. The lowest BCUT2D eigenvalue weighted by atomic mass is 9.89. The molecule has 1 aromatic carbocycles. The minimum Gasteiger partial charge on any atom is -0.491 e. The molecule has 1 amide bonds. The highest BCUT2D eigenvalue weighted by molar-refractivity contribution is 5.98. The average Bonchev–Trinajstić information content (AvgIpc) is 3.21. The van der Waals surface area contributed by atoms with E-state index in [2.05, 4.69) is 15.1 Å². The van der Waals surface area contributed by atoms with Crippen molar-refractivity contribution < 1.29 is 14.3 Å². The van der Waals surface area contributed by atoms with Gasteiger partial charge in [-0.25, -0.2) is 9.50 Å². The van der Waals surface area contributed by atoms with Crippen molar-refractivity contribution in [1.82, 2.24) is 24.5 Å². The predicted molar refractivity (Wildman–Crippen MR) is 110 cm³/mol. The van der Waals surface area contributed by atoms with Crippen LogP contribution in [0.3, 0.4) is 0 Å². The lowest BCUT2D eigenvalue weighted by Gasteiger charge is -2.32. The van der Waals surface area contributed by atoms with E-state index in [0.717, 1.165) is 18.4 Å². The van der Waals surface area contributed by atoms with E-state index in [1.807, 2.05) is 32.0 Å². The number of likely N-dealkylation sites (tertiary alicyclic amines) is 1. The van der Waals surface area contributed by atoms with Crippen molar-refractivity contribution in [2.45, 2.75) is 39.2 Å². The number of Topliss-reactive ketones (excluding diaryl/α,β-unsaturated/α-hetero) is 1. The maximum atomic E-state index is 13.1. The van der Waals surface area contributed by atoms with Gasteiger partial charge >= 0.3 is 0 Å². The molecule has 1 unspecified atom stereocenters. The number of fused-ring (bicyclic) bond motifs is 1. The average molecular weight is 407 g/mol. The summed E-state index contributed by atoms with van der Waals surface area (Å²) in [5.41, 5.74) is 1.40. The van der Waals surface area contributed by atoms with Gasteiger partial charge in [0.15, 0.2) is 5.78 Å². The Morgan fingerprint density at radius 2 is 2.13 bits per heavy atom. The fourth-order valence-corrected chi connectivity index (χ4v) is 3.78. The van der Waals surface area contributed by atoms with Gasteiger partial charge in [0.2, 0.25) is 5.91 Å². The van der Waals surface area contributed by atoms with E-state index in [9.17, 15) is 9.59 Å². The van der Waals surface area contributed by atoms with E-state index < -0.39 is 0 Å². The van der Waals surface area contributed by atoms with Crippen molar-refractivity contribution in [3.63, 3.8) is 0 Å². The first-order chi connectivity index (χ1) is 14.5. The second-order valence-corrected chi connectivity index (χ2v) is 7.88. The van der Waals surface area contributed by atoms with Gasteiger partial charge in [-0.1, -0.05) is 12.1 Å². The summed E-state index contributed by atoms with van der Waals surface area (Å²) in [7, 11) is 0. The standard InChI is InChI=1S/C22H25N5O3/c1-15(2)30-19-7-3-5-17(10-19)21(29)18-6-4-8-26(13-18)20(28)9-16-11-23-22-24-14-25-27(22)12-16/h3,5,7,10-12,14-15,18H,4,6,8-9,13H2,1-2H3.